The summed E-state index contributed by atoms with van der Waals surface area (Å²) in [6.45, 7) is 0. The predicted molar refractivity (Wildman–Crippen MR) is 107 cm³/mol. The fraction of sp³-hybridized carbons (Fsp3) is 0.182. The lowest BCUT2D eigenvalue weighted by molar-refractivity contribution is -0.116. The molecule has 0 aliphatic carbocycles. The molecule has 1 aromatic heterocycles. The van der Waals surface area contributed by atoms with Crippen LogP contribution in [0.5, 0.6) is 11.5 Å². The van der Waals surface area contributed by atoms with Crippen LogP contribution in [-0.2, 0) is 4.79 Å². The van der Waals surface area contributed by atoms with Crippen LogP contribution in [0, 0.1) is 0 Å². The summed E-state index contributed by atoms with van der Waals surface area (Å²) >= 11 is 0. The van der Waals surface area contributed by atoms with Crippen molar-refractivity contribution in [2.45, 2.75) is 12.3 Å². The van der Waals surface area contributed by atoms with E-state index in [1.807, 2.05) is 53.1 Å². The summed E-state index contributed by atoms with van der Waals surface area (Å²) in [4.78, 5) is 24.3. The number of nitrogens with one attached hydrogen (secondary N) is 1. The molecule has 29 heavy (non-hydrogen) atoms. The Hall–Kier alpha value is -3.74. The van der Waals surface area contributed by atoms with Crippen LogP contribution in [0.25, 0.3) is 5.69 Å². The van der Waals surface area contributed by atoms with Crippen LogP contribution in [0.2, 0.25) is 0 Å². The summed E-state index contributed by atoms with van der Waals surface area (Å²) in [7, 11) is 3.17. The highest BCUT2D eigenvalue weighted by Gasteiger charge is 2.34. The number of hydrogen-bond donors (Lipinski definition) is 2. The number of nitrogens with zero attached hydrogens (tertiary/aromatic N) is 1. The van der Waals surface area contributed by atoms with Gasteiger partial charge in [0.1, 0.15) is 17.1 Å². The van der Waals surface area contributed by atoms with E-state index in [4.69, 9.17) is 9.47 Å². The zero-order chi connectivity index (χ0) is 20.5. The molecule has 4 rings (SSSR count). The average molecular weight is 392 g/mol. The van der Waals surface area contributed by atoms with Crippen molar-refractivity contribution in [1.29, 1.82) is 0 Å². The van der Waals surface area contributed by atoms with Crippen molar-refractivity contribution in [2.24, 2.45) is 0 Å². The molecule has 148 valence electrons. The monoisotopic (exact) mass is 392 g/mol. The van der Waals surface area contributed by atoms with Crippen molar-refractivity contribution in [3.8, 4) is 17.2 Å². The van der Waals surface area contributed by atoms with Crippen LogP contribution in [0.4, 0.5) is 5.69 Å². The topological polar surface area (TPSA) is 89.8 Å². The minimum Gasteiger partial charge on any atom is -0.497 e. The van der Waals surface area contributed by atoms with E-state index in [2.05, 4.69) is 5.32 Å². The third kappa shape index (κ3) is 3.31. The maximum absolute atomic E-state index is 12.4. The molecule has 0 spiro atoms. The standard InChI is InChI=1S/C22H20N2O5/c1-28-15-8-6-14(7-9-15)24-12-18(22(26)27)20-21(24)17(11-19(25)23-20)13-4-3-5-16(10-13)29-2/h3-10,12,17H,11H2,1-2H3,(H,23,25)(H,26,27). The van der Waals surface area contributed by atoms with E-state index in [0.717, 1.165) is 16.9 Å². The van der Waals surface area contributed by atoms with Gasteiger partial charge in [-0.1, -0.05) is 12.1 Å². The average Bonchev–Trinajstić information content (AvgIpc) is 3.13. The zero-order valence-corrected chi connectivity index (χ0v) is 16.0. The molecule has 2 aromatic carbocycles. The molecule has 0 saturated heterocycles. The first-order valence-corrected chi connectivity index (χ1v) is 9.08. The lowest BCUT2D eigenvalue weighted by atomic mass is 9.88. The molecular weight excluding hydrogens is 372 g/mol. The van der Waals surface area contributed by atoms with Gasteiger partial charge >= 0.3 is 5.97 Å². The Morgan fingerprint density at radius 1 is 1.10 bits per heavy atom. The van der Waals surface area contributed by atoms with Crippen molar-refractivity contribution in [3.63, 3.8) is 0 Å². The number of carboxylic acids is 1. The minimum absolute atomic E-state index is 0.0526. The number of anilines is 1. The van der Waals surface area contributed by atoms with Gasteiger partial charge in [-0.2, -0.15) is 0 Å². The van der Waals surface area contributed by atoms with E-state index >= 15 is 0 Å². The third-order valence-electron chi connectivity index (χ3n) is 5.10. The van der Waals surface area contributed by atoms with Gasteiger partial charge in [-0.3, -0.25) is 4.79 Å². The molecule has 0 radical (unpaired) electrons. The number of benzene rings is 2. The van der Waals surface area contributed by atoms with Crippen molar-refractivity contribution in [2.75, 3.05) is 19.5 Å². The van der Waals surface area contributed by atoms with E-state index in [1.54, 1.807) is 20.4 Å². The fourth-order valence-corrected chi connectivity index (χ4v) is 3.72. The Labute approximate surface area is 167 Å². The number of carbonyl (C=O) groups excluding carboxylic acids is 1. The molecule has 1 atom stereocenters. The molecule has 0 saturated carbocycles. The number of rotatable bonds is 5. The summed E-state index contributed by atoms with van der Waals surface area (Å²) in [6, 6.07) is 14.8. The van der Waals surface area contributed by atoms with Crippen molar-refractivity contribution in [1.82, 2.24) is 4.57 Å². The molecule has 1 aliphatic heterocycles. The van der Waals surface area contributed by atoms with Gasteiger partial charge in [-0.25, -0.2) is 4.79 Å². The van der Waals surface area contributed by atoms with Crippen LogP contribution in [0.15, 0.2) is 54.7 Å². The maximum Gasteiger partial charge on any atom is 0.339 e. The van der Waals surface area contributed by atoms with Crippen LogP contribution in [-0.4, -0.2) is 35.8 Å². The molecular formula is C22H20N2O5. The lowest BCUT2D eigenvalue weighted by Gasteiger charge is -2.26. The van der Waals surface area contributed by atoms with E-state index < -0.39 is 5.97 Å². The molecule has 7 heteroatoms. The Kier molecular flexibility index (Phi) is 4.72. The van der Waals surface area contributed by atoms with Gasteiger partial charge in [0.25, 0.3) is 0 Å². The number of aromatic nitrogens is 1. The smallest absolute Gasteiger partial charge is 0.339 e. The predicted octanol–water partition coefficient (Wildman–Crippen LogP) is 3.67. The van der Waals surface area contributed by atoms with Gasteiger partial charge in [-0.05, 0) is 42.0 Å². The number of carbonyl (C=O) groups is 2. The summed E-state index contributed by atoms with van der Waals surface area (Å²) in [5.74, 6) is -0.258. The number of ether oxygens (including phenoxy) is 2. The van der Waals surface area contributed by atoms with Crippen LogP contribution < -0.4 is 14.8 Å². The fourth-order valence-electron chi connectivity index (χ4n) is 3.72. The second kappa shape index (κ2) is 7.35. The van der Waals surface area contributed by atoms with E-state index in [9.17, 15) is 14.7 Å². The molecule has 1 aliphatic rings. The van der Waals surface area contributed by atoms with E-state index in [0.29, 0.717) is 17.2 Å². The molecule has 0 fully saturated rings. The first kappa shape index (κ1) is 18.6. The minimum atomic E-state index is -1.10. The molecule has 1 amide bonds. The number of methoxy groups -OCH3 is 2. The summed E-state index contributed by atoms with van der Waals surface area (Å²) < 4.78 is 12.4. The van der Waals surface area contributed by atoms with Crippen LogP contribution in [0.1, 0.15) is 34.0 Å². The Morgan fingerprint density at radius 3 is 2.48 bits per heavy atom. The van der Waals surface area contributed by atoms with E-state index in [-0.39, 0.29) is 23.8 Å². The highest BCUT2D eigenvalue weighted by atomic mass is 16.5. The van der Waals surface area contributed by atoms with Gasteiger partial charge in [0, 0.05) is 24.2 Å². The largest absolute Gasteiger partial charge is 0.497 e. The number of amides is 1. The van der Waals surface area contributed by atoms with E-state index in [1.165, 1.54) is 0 Å². The third-order valence-corrected chi connectivity index (χ3v) is 5.10. The second-order valence-corrected chi connectivity index (χ2v) is 6.76. The number of hydrogen-bond acceptors (Lipinski definition) is 4. The van der Waals surface area contributed by atoms with Crippen LogP contribution >= 0.6 is 0 Å². The SMILES string of the molecule is COc1ccc(-n2cc(C(=O)O)c3c2C(c2cccc(OC)c2)CC(=O)N3)cc1. The van der Waals surface area contributed by atoms with Crippen molar-refractivity contribution in [3.05, 3.63) is 71.5 Å². The summed E-state index contributed by atoms with van der Waals surface area (Å²) in [5, 5.41) is 12.5. The number of aromatic carboxylic acids is 1. The van der Waals surface area contributed by atoms with Crippen molar-refractivity contribution < 1.29 is 24.2 Å². The highest BCUT2D eigenvalue weighted by Crippen LogP contribution is 2.42. The molecule has 2 heterocycles. The highest BCUT2D eigenvalue weighted by molar-refractivity contribution is 6.04. The van der Waals surface area contributed by atoms with Gasteiger partial charge < -0.3 is 24.5 Å². The molecule has 7 nitrogen and oxygen atoms in total. The second-order valence-electron chi connectivity index (χ2n) is 6.76. The summed E-state index contributed by atoms with van der Waals surface area (Å²) in [5.41, 5.74) is 2.76. The Morgan fingerprint density at radius 2 is 1.83 bits per heavy atom. The quantitative estimate of drug-likeness (QED) is 0.692. The number of fused-ring (bicyclic) bond motifs is 1. The molecule has 1 unspecified atom stereocenters. The lowest BCUT2D eigenvalue weighted by Crippen LogP contribution is -2.25. The van der Waals surface area contributed by atoms with Crippen LogP contribution in [0.3, 0.4) is 0 Å². The van der Waals surface area contributed by atoms with Gasteiger partial charge in [0.2, 0.25) is 5.91 Å². The van der Waals surface area contributed by atoms with Gasteiger partial charge in [-0.15, -0.1) is 0 Å². The van der Waals surface area contributed by atoms with Gasteiger partial charge in [0.05, 0.1) is 25.6 Å². The Balaban J connectivity index is 1.93. The van der Waals surface area contributed by atoms with Crippen molar-refractivity contribution >= 4 is 17.6 Å². The Bertz CT molecular complexity index is 1090. The van der Waals surface area contributed by atoms with Gasteiger partial charge in [0.15, 0.2) is 0 Å². The summed E-state index contributed by atoms with van der Waals surface area (Å²) in [6.07, 6.45) is 1.76. The molecule has 3 aromatic rings. The maximum atomic E-state index is 12.4. The normalized spacial score (nSPS) is 15.4. The number of carboxylic acid groups (broad SMARTS) is 1. The first-order chi connectivity index (χ1) is 14.0. The molecule has 0 bridgehead atoms. The first-order valence-electron chi connectivity index (χ1n) is 9.08. The zero-order valence-electron chi connectivity index (χ0n) is 16.0. The molecule has 2 N–H and O–H groups in total.